The lowest BCUT2D eigenvalue weighted by Gasteiger charge is -2.23. The Morgan fingerprint density at radius 2 is 1.86 bits per heavy atom. The molecule has 0 saturated heterocycles. The van der Waals surface area contributed by atoms with Crippen LogP contribution >= 0.6 is 0 Å². The van der Waals surface area contributed by atoms with Crippen LogP contribution in [0.15, 0.2) is 0 Å². The van der Waals surface area contributed by atoms with Crippen molar-refractivity contribution < 1.29 is 31.4 Å². The van der Waals surface area contributed by atoms with Gasteiger partial charge in [-0.05, 0) is 0 Å². The van der Waals surface area contributed by atoms with Crippen molar-refractivity contribution in [1.29, 1.82) is 5.26 Å². The third-order valence-electron chi connectivity index (χ3n) is 0.928. The zero-order valence-electron chi connectivity index (χ0n) is 6.76. The van der Waals surface area contributed by atoms with E-state index in [0.29, 0.717) is 0 Å². The first kappa shape index (κ1) is 12.9. The van der Waals surface area contributed by atoms with Gasteiger partial charge in [0.25, 0.3) is 6.41 Å². The maximum atomic E-state index is 11.6. The molecule has 0 rings (SSSR count). The second-order valence-electron chi connectivity index (χ2n) is 1.98. The molecule has 0 heterocycles. The number of nitrogens with zero attached hydrogens (tertiary/aromatic N) is 2. The molecule has 0 amide bonds. The van der Waals surface area contributed by atoms with E-state index in [9.17, 15) is 22.0 Å². The van der Waals surface area contributed by atoms with Crippen molar-refractivity contribution in [2.75, 3.05) is 7.05 Å². The molecule has 0 aromatic heterocycles. The van der Waals surface area contributed by atoms with Crippen LogP contribution in [0.1, 0.15) is 0 Å². The molecule has 0 N–H and O–H groups in total. The molecule has 0 aliphatic carbocycles. The first-order valence-electron chi connectivity index (χ1n) is 3.07. The molecule has 82 valence electrons. The molecule has 9 heteroatoms. The Bertz CT molecular complexity index is 213. The third-order valence-corrected chi connectivity index (χ3v) is 0.928. The summed E-state index contributed by atoms with van der Waals surface area (Å²) in [4.78, 5) is 0.152. The summed E-state index contributed by atoms with van der Waals surface area (Å²) in [6.45, 7) is -3.47. The van der Waals surface area contributed by atoms with E-state index in [0.717, 1.165) is 13.2 Å². The fourth-order valence-electron chi connectivity index (χ4n) is 0.448. The summed E-state index contributed by atoms with van der Waals surface area (Å²) in [6, 6.07) is 0. The van der Waals surface area contributed by atoms with Crippen molar-refractivity contribution in [2.45, 2.75) is 19.4 Å². The molecule has 0 aliphatic rings. The molecule has 4 nitrogen and oxygen atoms in total. The second-order valence-corrected chi connectivity index (χ2v) is 1.98. The van der Waals surface area contributed by atoms with Gasteiger partial charge in [0.2, 0.25) is 0 Å². The van der Waals surface area contributed by atoms with Crippen molar-refractivity contribution in [2.24, 2.45) is 0 Å². The van der Waals surface area contributed by atoms with Crippen molar-refractivity contribution in [3.05, 3.63) is 0 Å². The zero-order valence-corrected chi connectivity index (χ0v) is 6.76. The van der Waals surface area contributed by atoms with E-state index in [2.05, 4.69) is 9.47 Å². The normalized spacial score (nSPS) is 13.9. The molecule has 0 aliphatic heterocycles. The van der Waals surface area contributed by atoms with E-state index in [-0.39, 0.29) is 4.90 Å². The van der Waals surface area contributed by atoms with Crippen LogP contribution in [0.2, 0.25) is 0 Å². The minimum absolute atomic E-state index is 0.152. The summed E-state index contributed by atoms with van der Waals surface area (Å²) < 4.78 is 64.3. The summed E-state index contributed by atoms with van der Waals surface area (Å²) in [5.41, 5.74) is 0. The number of ether oxygens (including phenoxy) is 2. The number of rotatable bonds is 4. The molecular weight excluding hydrogens is 215 g/mol. The smallest absolute Gasteiger partial charge is 0.273 e. The Balaban J connectivity index is 4.34. The Morgan fingerprint density at radius 3 is 2.14 bits per heavy atom. The molecule has 1 atom stereocenters. The van der Waals surface area contributed by atoms with Crippen molar-refractivity contribution >= 4 is 0 Å². The zero-order chi connectivity index (χ0) is 11.4. The summed E-state index contributed by atoms with van der Waals surface area (Å²) in [5.74, 6) is 0. The Morgan fingerprint density at radius 1 is 1.36 bits per heavy atom. The molecule has 0 spiro atoms. The van der Waals surface area contributed by atoms with Crippen LogP contribution in [-0.2, 0) is 9.47 Å². The predicted molar refractivity (Wildman–Crippen MR) is 31.4 cm³/mol. The fourth-order valence-corrected chi connectivity index (χ4v) is 0.448. The molecule has 0 aromatic carbocycles. The predicted octanol–water partition coefficient (Wildman–Crippen LogP) is 1.46. The van der Waals surface area contributed by atoms with Gasteiger partial charge in [-0.3, -0.25) is 9.64 Å². The number of halogens is 5. The lowest BCUT2D eigenvalue weighted by atomic mass is 10.8. The van der Waals surface area contributed by atoms with E-state index >= 15 is 0 Å². The Kier molecular flexibility index (Phi) is 4.52. The molecule has 14 heavy (non-hydrogen) atoms. The molecule has 0 bridgehead atoms. The van der Waals surface area contributed by atoms with Gasteiger partial charge in [-0.15, -0.1) is 13.2 Å². The van der Waals surface area contributed by atoms with Gasteiger partial charge in [0.15, 0.2) is 6.19 Å². The van der Waals surface area contributed by atoms with Crippen LogP contribution < -0.4 is 0 Å². The summed E-state index contributed by atoms with van der Waals surface area (Å²) >= 11 is 0. The number of hydrogen-bond acceptors (Lipinski definition) is 4. The number of nitriles is 1. The Labute approximate surface area is 75.4 Å². The largest absolute Gasteiger partial charge is 0.526 e. The van der Waals surface area contributed by atoms with Crippen molar-refractivity contribution in [1.82, 2.24) is 4.90 Å². The average molecular weight is 220 g/mol. The SMILES string of the molecule is CN(C#N)C(OC(F)F)OC(F)(F)F. The van der Waals surface area contributed by atoms with E-state index in [1.807, 2.05) is 0 Å². The van der Waals surface area contributed by atoms with Crippen LogP contribution in [0.3, 0.4) is 0 Å². The van der Waals surface area contributed by atoms with E-state index in [1.165, 1.54) is 0 Å². The number of hydrogen-bond donors (Lipinski definition) is 0. The molecular formula is C5H5F5N2O2. The third kappa shape index (κ3) is 5.50. The average Bonchev–Trinajstić information content (AvgIpc) is 1.98. The van der Waals surface area contributed by atoms with E-state index in [1.54, 1.807) is 0 Å². The maximum absolute atomic E-state index is 11.6. The molecule has 0 radical (unpaired) electrons. The molecule has 0 saturated carbocycles. The summed E-state index contributed by atoms with van der Waals surface area (Å²) in [7, 11) is 0.804. The van der Waals surface area contributed by atoms with E-state index < -0.39 is 19.4 Å². The Hall–Kier alpha value is -1.14. The first-order valence-corrected chi connectivity index (χ1v) is 3.07. The number of alkyl halides is 5. The fraction of sp³-hybridized carbons (Fsp3) is 0.800. The standard InChI is InChI=1S/C5H5F5N2O2/c1-12(2-11)4(13-3(6)7)14-5(8,9)10/h3-4H,1H3. The van der Waals surface area contributed by atoms with Gasteiger partial charge in [0, 0.05) is 7.05 Å². The van der Waals surface area contributed by atoms with Gasteiger partial charge < -0.3 is 0 Å². The minimum Gasteiger partial charge on any atom is -0.273 e. The van der Waals surface area contributed by atoms with Crippen LogP contribution in [0.25, 0.3) is 0 Å². The molecule has 0 fully saturated rings. The highest BCUT2D eigenvalue weighted by atomic mass is 19.4. The summed E-state index contributed by atoms with van der Waals surface area (Å²) in [5, 5.41) is 8.12. The minimum atomic E-state index is -5.16. The van der Waals surface area contributed by atoms with Crippen LogP contribution in [-0.4, -0.2) is 31.3 Å². The van der Waals surface area contributed by atoms with Crippen LogP contribution in [0.5, 0.6) is 0 Å². The first-order chi connectivity index (χ1) is 6.26. The van der Waals surface area contributed by atoms with Gasteiger partial charge in [-0.25, -0.2) is 4.74 Å². The topological polar surface area (TPSA) is 45.5 Å². The van der Waals surface area contributed by atoms with Gasteiger partial charge in [0.05, 0.1) is 0 Å². The monoisotopic (exact) mass is 220 g/mol. The summed E-state index contributed by atoms with van der Waals surface area (Å²) in [6.07, 6.45) is -6.51. The second kappa shape index (κ2) is 4.92. The maximum Gasteiger partial charge on any atom is 0.526 e. The molecule has 1 unspecified atom stereocenters. The van der Waals surface area contributed by atoms with Crippen LogP contribution in [0, 0.1) is 11.5 Å². The highest BCUT2D eigenvalue weighted by molar-refractivity contribution is 4.68. The van der Waals surface area contributed by atoms with E-state index in [4.69, 9.17) is 5.26 Å². The highest BCUT2D eigenvalue weighted by Gasteiger charge is 2.37. The van der Waals surface area contributed by atoms with Crippen LogP contribution in [0.4, 0.5) is 22.0 Å². The quantitative estimate of drug-likeness (QED) is 0.311. The van der Waals surface area contributed by atoms with Crippen molar-refractivity contribution in [3.8, 4) is 6.19 Å². The lowest BCUT2D eigenvalue weighted by Crippen LogP contribution is -2.38. The molecule has 0 aromatic rings. The van der Waals surface area contributed by atoms with Gasteiger partial charge in [-0.1, -0.05) is 0 Å². The van der Waals surface area contributed by atoms with Gasteiger partial charge in [0.1, 0.15) is 0 Å². The highest BCUT2D eigenvalue weighted by Crippen LogP contribution is 2.21. The van der Waals surface area contributed by atoms with Gasteiger partial charge >= 0.3 is 13.0 Å². The van der Waals surface area contributed by atoms with Gasteiger partial charge in [-0.2, -0.15) is 14.0 Å². The van der Waals surface area contributed by atoms with Crippen molar-refractivity contribution in [3.63, 3.8) is 0 Å². The lowest BCUT2D eigenvalue weighted by molar-refractivity contribution is -0.416.